The first-order valence-electron chi connectivity index (χ1n) is 5.06. The number of imidazole rings is 1. The van der Waals surface area contributed by atoms with Crippen molar-refractivity contribution in [1.82, 2.24) is 14.5 Å². The zero-order chi connectivity index (χ0) is 11.4. The molecule has 0 aliphatic rings. The second-order valence-electron chi connectivity index (χ2n) is 3.47. The van der Waals surface area contributed by atoms with E-state index in [1.54, 1.807) is 18.0 Å². The second kappa shape index (κ2) is 5.03. The van der Waals surface area contributed by atoms with Crippen LogP contribution in [-0.2, 0) is 13.5 Å². The molecule has 0 fully saturated rings. The average molecular weight is 234 g/mol. The minimum Gasteiger partial charge on any atom is -0.384 e. The highest BCUT2D eigenvalue weighted by Crippen LogP contribution is 2.18. The Morgan fingerprint density at radius 2 is 2.25 bits per heavy atom. The van der Waals surface area contributed by atoms with Crippen molar-refractivity contribution < 1.29 is 0 Å². The van der Waals surface area contributed by atoms with E-state index in [1.807, 2.05) is 36.1 Å². The molecule has 0 unspecified atom stereocenters. The van der Waals surface area contributed by atoms with E-state index >= 15 is 0 Å². The SMILES string of the molecule is Cn1ccnc1CCSc1ccc(N)nc1. The first-order valence-corrected chi connectivity index (χ1v) is 6.05. The highest BCUT2D eigenvalue weighted by Gasteiger charge is 2.00. The van der Waals surface area contributed by atoms with E-state index < -0.39 is 0 Å². The van der Waals surface area contributed by atoms with Gasteiger partial charge in [0, 0.05) is 42.7 Å². The monoisotopic (exact) mass is 234 g/mol. The standard InChI is InChI=1S/C11H14N4S/c1-15-6-5-13-11(15)4-7-16-9-2-3-10(12)14-8-9/h2-3,5-6,8H,4,7H2,1H3,(H2,12,14). The van der Waals surface area contributed by atoms with Crippen molar-refractivity contribution in [1.29, 1.82) is 0 Å². The number of thioether (sulfide) groups is 1. The van der Waals surface area contributed by atoms with Crippen LogP contribution in [0.15, 0.2) is 35.6 Å². The Morgan fingerprint density at radius 3 is 2.88 bits per heavy atom. The Hall–Kier alpha value is -1.49. The Balaban J connectivity index is 1.84. The van der Waals surface area contributed by atoms with E-state index in [1.165, 1.54) is 0 Å². The number of hydrogen-bond acceptors (Lipinski definition) is 4. The predicted octanol–water partition coefficient (Wildman–Crippen LogP) is 1.73. The molecular formula is C11H14N4S. The topological polar surface area (TPSA) is 56.7 Å². The van der Waals surface area contributed by atoms with Gasteiger partial charge in [0.2, 0.25) is 0 Å². The fourth-order valence-corrected chi connectivity index (χ4v) is 2.19. The molecule has 5 heteroatoms. The highest BCUT2D eigenvalue weighted by molar-refractivity contribution is 7.99. The van der Waals surface area contributed by atoms with Gasteiger partial charge >= 0.3 is 0 Å². The molecule has 0 amide bonds. The Morgan fingerprint density at radius 1 is 1.38 bits per heavy atom. The third kappa shape index (κ3) is 2.76. The Bertz CT molecular complexity index is 449. The molecule has 2 aromatic heterocycles. The van der Waals surface area contributed by atoms with Crippen LogP contribution in [0.4, 0.5) is 5.82 Å². The number of nitrogen functional groups attached to an aromatic ring is 1. The van der Waals surface area contributed by atoms with Crippen molar-refractivity contribution in [2.45, 2.75) is 11.3 Å². The van der Waals surface area contributed by atoms with Crippen LogP contribution in [0.3, 0.4) is 0 Å². The van der Waals surface area contributed by atoms with Gasteiger partial charge in [-0.3, -0.25) is 0 Å². The van der Waals surface area contributed by atoms with Crippen molar-refractivity contribution in [2.24, 2.45) is 7.05 Å². The van der Waals surface area contributed by atoms with E-state index in [4.69, 9.17) is 5.73 Å². The van der Waals surface area contributed by atoms with Gasteiger partial charge in [-0.05, 0) is 12.1 Å². The van der Waals surface area contributed by atoms with E-state index in [2.05, 4.69) is 9.97 Å². The summed E-state index contributed by atoms with van der Waals surface area (Å²) < 4.78 is 2.04. The molecule has 0 radical (unpaired) electrons. The van der Waals surface area contributed by atoms with Gasteiger partial charge in [-0.15, -0.1) is 11.8 Å². The van der Waals surface area contributed by atoms with Crippen LogP contribution in [0.5, 0.6) is 0 Å². The van der Waals surface area contributed by atoms with Crippen molar-refractivity contribution in [3.63, 3.8) is 0 Å². The summed E-state index contributed by atoms with van der Waals surface area (Å²) in [6, 6.07) is 3.81. The number of rotatable bonds is 4. The van der Waals surface area contributed by atoms with Gasteiger partial charge in [0.15, 0.2) is 0 Å². The lowest BCUT2D eigenvalue weighted by molar-refractivity contribution is 0.811. The molecule has 0 aromatic carbocycles. The molecule has 2 N–H and O–H groups in total. The van der Waals surface area contributed by atoms with Crippen LogP contribution in [0.25, 0.3) is 0 Å². The van der Waals surface area contributed by atoms with Crippen LogP contribution < -0.4 is 5.73 Å². The predicted molar refractivity (Wildman–Crippen MR) is 66.3 cm³/mol. The quantitative estimate of drug-likeness (QED) is 0.819. The van der Waals surface area contributed by atoms with E-state index in [0.29, 0.717) is 5.82 Å². The molecule has 2 aromatic rings. The second-order valence-corrected chi connectivity index (χ2v) is 4.64. The number of nitrogens with zero attached hydrogens (tertiary/aromatic N) is 3. The molecule has 0 saturated carbocycles. The molecule has 2 rings (SSSR count). The summed E-state index contributed by atoms with van der Waals surface area (Å²) in [6.07, 6.45) is 6.55. The minimum atomic E-state index is 0.563. The smallest absolute Gasteiger partial charge is 0.123 e. The fraction of sp³-hybridized carbons (Fsp3) is 0.273. The number of aromatic nitrogens is 3. The first kappa shape index (κ1) is 11.0. The van der Waals surface area contributed by atoms with Crippen LogP contribution >= 0.6 is 11.8 Å². The van der Waals surface area contributed by atoms with Crippen LogP contribution in [-0.4, -0.2) is 20.3 Å². The number of anilines is 1. The largest absolute Gasteiger partial charge is 0.384 e. The van der Waals surface area contributed by atoms with Crippen LogP contribution in [0.1, 0.15) is 5.82 Å². The van der Waals surface area contributed by atoms with Gasteiger partial charge in [-0.2, -0.15) is 0 Å². The maximum atomic E-state index is 5.52. The number of nitrogens with two attached hydrogens (primary N) is 1. The summed E-state index contributed by atoms with van der Waals surface area (Å²) in [5.74, 6) is 2.67. The number of hydrogen-bond donors (Lipinski definition) is 1. The lowest BCUT2D eigenvalue weighted by atomic mass is 10.4. The van der Waals surface area contributed by atoms with Gasteiger partial charge in [-0.25, -0.2) is 9.97 Å². The third-order valence-electron chi connectivity index (χ3n) is 2.27. The minimum absolute atomic E-state index is 0.563. The van der Waals surface area contributed by atoms with Crippen LogP contribution in [0, 0.1) is 0 Å². The maximum Gasteiger partial charge on any atom is 0.123 e. The fourth-order valence-electron chi connectivity index (χ4n) is 1.37. The van der Waals surface area contributed by atoms with E-state index in [9.17, 15) is 0 Å². The molecule has 2 heterocycles. The zero-order valence-electron chi connectivity index (χ0n) is 9.13. The molecule has 16 heavy (non-hydrogen) atoms. The third-order valence-corrected chi connectivity index (χ3v) is 3.26. The molecule has 0 spiro atoms. The van der Waals surface area contributed by atoms with Gasteiger partial charge in [0.05, 0.1) is 0 Å². The lowest BCUT2D eigenvalue weighted by Crippen LogP contribution is -1.98. The average Bonchev–Trinajstić information content (AvgIpc) is 2.68. The maximum absolute atomic E-state index is 5.52. The normalized spacial score (nSPS) is 10.6. The van der Waals surface area contributed by atoms with E-state index in [-0.39, 0.29) is 0 Å². The summed E-state index contributed by atoms with van der Waals surface area (Å²) in [6.45, 7) is 0. The zero-order valence-corrected chi connectivity index (χ0v) is 9.94. The molecule has 0 bridgehead atoms. The van der Waals surface area contributed by atoms with Crippen molar-refractivity contribution in [2.75, 3.05) is 11.5 Å². The molecule has 0 aliphatic heterocycles. The first-order chi connectivity index (χ1) is 7.75. The molecule has 0 aliphatic carbocycles. The van der Waals surface area contributed by atoms with Gasteiger partial charge in [0.1, 0.15) is 11.6 Å². The molecule has 0 saturated heterocycles. The van der Waals surface area contributed by atoms with Crippen molar-refractivity contribution in [3.8, 4) is 0 Å². The van der Waals surface area contributed by atoms with E-state index in [0.717, 1.165) is 22.9 Å². The number of aryl methyl sites for hydroxylation is 2. The Labute approximate surface area is 98.9 Å². The summed E-state index contributed by atoms with van der Waals surface area (Å²) in [7, 11) is 2.01. The van der Waals surface area contributed by atoms with Gasteiger partial charge in [-0.1, -0.05) is 0 Å². The Kier molecular flexibility index (Phi) is 3.46. The molecule has 84 valence electrons. The summed E-state index contributed by atoms with van der Waals surface area (Å²) in [5.41, 5.74) is 5.52. The molecule has 0 atom stereocenters. The van der Waals surface area contributed by atoms with Crippen molar-refractivity contribution >= 4 is 17.6 Å². The number of pyridine rings is 1. The molecule has 4 nitrogen and oxygen atoms in total. The van der Waals surface area contributed by atoms with Crippen LogP contribution in [0.2, 0.25) is 0 Å². The molecular weight excluding hydrogens is 220 g/mol. The van der Waals surface area contributed by atoms with Gasteiger partial charge in [0.25, 0.3) is 0 Å². The highest BCUT2D eigenvalue weighted by atomic mass is 32.2. The summed E-state index contributed by atoms with van der Waals surface area (Å²) in [4.78, 5) is 9.47. The summed E-state index contributed by atoms with van der Waals surface area (Å²) >= 11 is 1.76. The van der Waals surface area contributed by atoms with Crippen molar-refractivity contribution in [3.05, 3.63) is 36.5 Å². The lowest BCUT2D eigenvalue weighted by Gasteiger charge is -2.02. The summed E-state index contributed by atoms with van der Waals surface area (Å²) in [5, 5.41) is 0. The van der Waals surface area contributed by atoms with Gasteiger partial charge < -0.3 is 10.3 Å².